The van der Waals surface area contributed by atoms with Gasteiger partial charge in [0.1, 0.15) is 0 Å². The van der Waals surface area contributed by atoms with E-state index in [0.717, 1.165) is 31.0 Å². The number of guanidine groups is 1. The van der Waals surface area contributed by atoms with Crippen molar-refractivity contribution in [2.45, 2.75) is 53.2 Å². The zero-order chi connectivity index (χ0) is 20.4. The van der Waals surface area contributed by atoms with Gasteiger partial charge in [0.25, 0.3) is 5.91 Å². The van der Waals surface area contributed by atoms with Gasteiger partial charge in [-0.25, -0.2) is 4.99 Å². The van der Waals surface area contributed by atoms with E-state index in [1.165, 1.54) is 11.1 Å². The lowest BCUT2D eigenvalue weighted by Crippen LogP contribution is -2.37. The van der Waals surface area contributed by atoms with E-state index < -0.39 is 0 Å². The third-order valence-corrected chi connectivity index (χ3v) is 4.65. The number of benzene rings is 2. The Morgan fingerprint density at radius 1 is 1.07 bits per heavy atom. The van der Waals surface area contributed by atoms with Gasteiger partial charge in [0, 0.05) is 24.7 Å². The molecule has 29 heavy (non-hydrogen) atoms. The second kappa shape index (κ2) is 13.2. The summed E-state index contributed by atoms with van der Waals surface area (Å²) in [5.74, 6) is 0.727. The van der Waals surface area contributed by atoms with Gasteiger partial charge in [-0.05, 0) is 56.0 Å². The van der Waals surface area contributed by atoms with Crippen LogP contribution in [0.4, 0.5) is 0 Å². The number of amides is 1. The quantitative estimate of drug-likeness (QED) is 0.282. The van der Waals surface area contributed by atoms with Crippen LogP contribution in [0.25, 0.3) is 0 Å². The molecule has 0 aliphatic heterocycles. The summed E-state index contributed by atoms with van der Waals surface area (Å²) in [6.45, 7) is 10.2. The lowest BCUT2D eigenvalue weighted by Gasteiger charge is -2.13. The van der Waals surface area contributed by atoms with Gasteiger partial charge in [-0.3, -0.25) is 4.79 Å². The van der Waals surface area contributed by atoms with E-state index in [-0.39, 0.29) is 35.9 Å². The van der Waals surface area contributed by atoms with E-state index in [0.29, 0.717) is 12.1 Å². The maximum atomic E-state index is 12.3. The molecule has 0 aliphatic rings. The molecule has 0 bridgehead atoms. The van der Waals surface area contributed by atoms with E-state index in [1.807, 2.05) is 50.2 Å². The molecule has 0 radical (unpaired) electrons. The van der Waals surface area contributed by atoms with Gasteiger partial charge in [0.05, 0.1) is 6.54 Å². The highest BCUT2D eigenvalue weighted by atomic mass is 127. The van der Waals surface area contributed by atoms with E-state index in [9.17, 15) is 4.79 Å². The maximum Gasteiger partial charge on any atom is 0.251 e. The summed E-state index contributed by atoms with van der Waals surface area (Å²) in [6, 6.07) is 16.1. The van der Waals surface area contributed by atoms with Crippen molar-refractivity contribution in [1.29, 1.82) is 0 Å². The number of rotatable bonds is 8. The average Bonchev–Trinajstić information content (AvgIpc) is 2.71. The number of halogens is 1. The molecular weight excluding hydrogens is 475 g/mol. The summed E-state index contributed by atoms with van der Waals surface area (Å²) < 4.78 is 0. The average molecular weight is 508 g/mol. The zero-order valence-electron chi connectivity index (χ0n) is 17.8. The van der Waals surface area contributed by atoms with Crippen LogP contribution in [0.5, 0.6) is 0 Å². The summed E-state index contributed by atoms with van der Waals surface area (Å²) in [7, 11) is 0. The van der Waals surface area contributed by atoms with Crippen molar-refractivity contribution in [2.24, 2.45) is 4.99 Å². The van der Waals surface area contributed by atoms with Gasteiger partial charge in [0.2, 0.25) is 0 Å². The fourth-order valence-corrected chi connectivity index (χ4v) is 2.72. The lowest BCUT2D eigenvalue weighted by molar-refractivity contribution is 0.0939. The van der Waals surface area contributed by atoms with Crippen LogP contribution in [0.15, 0.2) is 53.5 Å². The van der Waals surface area contributed by atoms with Crippen molar-refractivity contribution in [3.8, 4) is 0 Å². The first-order valence-corrected chi connectivity index (χ1v) is 10.00. The molecule has 3 N–H and O–H groups in total. The van der Waals surface area contributed by atoms with E-state index in [4.69, 9.17) is 0 Å². The molecule has 0 heterocycles. The van der Waals surface area contributed by atoms with Crippen LogP contribution in [-0.4, -0.2) is 24.5 Å². The molecule has 0 saturated heterocycles. The molecule has 0 spiro atoms. The van der Waals surface area contributed by atoms with Gasteiger partial charge in [-0.15, -0.1) is 24.0 Å². The Morgan fingerprint density at radius 3 is 2.52 bits per heavy atom. The topological polar surface area (TPSA) is 65.5 Å². The van der Waals surface area contributed by atoms with E-state index >= 15 is 0 Å². The monoisotopic (exact) mass is 508 g/mol. The fraction of sp³-hybridized carbons (Fsp3) is 0.391. The van der Waals surface area contributed by atoms with Crippen molar-refractivity contribution in [1.82, 2.24) is 16.0 Å². The minimum atomic E-state index is -0.0373. The normalized spacial score (nSPS) is 11.9. The Kier molecular flexibility index (Phi) is 11.3. The number of carbonyl (C=O) groups excluding carboxylic acids is 1. The van der Waals surface area contributed by atoms with Crippen molar-refractivity contribution in [3.63, 3.8) is 0 Å². The molecule has 1 unspecified atom stereocenters. The van der Waals surface area contributed by atoms with Crippen LogP contribution in [0.1, 0.15) is 54.2 Å². The molecular formula is C23H33IN4O. The summed E-state index contributed by atoms with van der Waals surface area (Å²) in [4.78, 5) is 17.0. The van der Waals surface area contributed by atoms with Crippen LogP contribution in [0, 0.1) is 6.92 Å². The molecule has 1 amide bonds. The number of aryl methyl sites for hydroxylation is 1. The van der Waals surface area contributed by atoms with Gasteiger partial charge in [-0.1, -0.05) is 43.3 Å². The van der Waals surface area contributed by atoms with Gasteiger partial charge in [-0.2, -0.15) is 0 Å². The number of hydrogen-bond acceptors (Lipinski definition) is 2. The number of hydrogen-bond donors (Lipinski definition) is 3. The highest BCUT2D eigenvalue weighted by molar-refractivity contribution is 14.0. The molecule has 0 aromatic heterocycles. The smallest absolute Gasteiger partial charge is 0.251 e. The SMILES string of the molecule is CCNC(=NCc1cccc(C(=O)NC(C)CC)c1)NCc1ccccc1C.I. The Morgan fingerprint density at radius 2 is 1.83 bits per heavy atom. The van der Waals surface area contributed by atoms with Crippen LogP contribution in [0.2, 0.25) is 0 Å². The maximum absolute atomic E-state index is 12.3. The molecule has 0 saturated carbocycles. The molecule has 2 rings (SSSR count). The third kappa shape index (κ3) is 8.43. The molecule has 2 aromatic carbocycles. The van der Waals surface area contributed by atoms with Crippen molar-refractivity contribution in [2.75, 3.05) is 6.54 Å². The molecule has 0 fully saturated rings. The molecule has 6 heteroatoms. The molecule has 0 aliphatic carbocycles. The Bertz CT molecular complexity index is 807. The second-order valence-corrected chi connectivity index (χ2v) is 6.96. The Hall–Kier alpha value is -2.09. The molecule has 158 valence electrons. The van der Waals surface area contributed by atoms with Gasteiger partial charge < -0.3 is 16.0 Å². The summed E-state index contributed by atoms with van der Waals surface area (Å²) in [5, 5.41) is 9.65. The first kappa shape index (κ1) is 24.9. The van der Waals surface area contributed by atoms with Crippen LogP contribution in [0.3, 0.4) is 0 Å². The van der Waals surface area contributed by atoms with E-state index in [1.54, 1.807) is 0 Å². The van der Waals surface area contributed by atoms with E-state index in [2.05, 4.69) is 46.9 Å². The minimum Gasteiger partial charge on any atom is -0.357 e. The van der Waals surface area contributed by atoms with Crippen LogP contribution >= 0.6 is 24.0 Å². The number of nitrogens with zero attached hydrogens (tertiary/aromatic N) is 1. The number of nitrogens with one attached hydrogen (secondary N) is 3. The number of aliphatic imine (C=N–C) groups is 1. The first-order chi connectivity index (χ1) is 13.5. The number of carbonyl (C=O) groups is 1. The van der Waals surface area contributed by atoms with Crippen molar-refractivity contribution >= 4 is 35.8 Å². The first-order valence-electron chi connectivity index (χ1n) is 10.00. The molecule has 1 atom stereocenters. The molecule has 5 nitrogen and oxygen atoms in total. The zero-order valence-corrected chi connectivity index (χ0v) is 20.1. The molecule has 2 aromatic rings. The Balaban J connectivity index is 0.00000420. The van der Waals surface area contributed by atoms with Gasteiger partial charge >= 0.3 is 0 Å². The highest BCUT2D eigenvalue weighted by Crippen LogP contribution is 2.08. The van der Waals surface area contributed by atoms with Crippen LogP contribution < -0.4 is 16.0 Å². The predicted octanol–water partition coefficient (Wildman–Crippen LogP) is 4.40. The largest absolute Gasteiger partial charge is 0.357 e. The third-order valence-electron chi connectivity index (χ3n) is 4.65. The van der Waals surface area contributed by atoms with Gasteiger partial charge in [0.15, 0.2) is 5.96 Å². The fourth-order valence-electron chi connectivity index (χ4n) is 2.72. The summed E-state index contributed by atoms with van der Waals surface area (Å²) >= 11 is 0. The van der Waals surface area contributed by atoms with Crippen molar-refractivity contribution < 1.29 is 4.79 Å². The highest BCUT2D eigenvalue weighted by Gasteiger charge is 2.09. The van der Waals surface area contributed by atoms with Crippen molar-refractivity contribution in [3.05, 3.63) is 70.8 Å². The Labute approximate surface area is 191 Å². The summed E-state index contributed by atoms with van der Waals surface area (Å²) in [6.07, 6.45) is 0.911. The second-order valence-electron chi connectivity index (χ2n) is 6.96. The standard InChI is InChI=1S/C23H32N4O.HI/c1-5-18(4)27-22(28)20-13-9-11-19(14-20)15-25-23(24-6-2)26-16-21-12-8-7-10-17(21)3;/h7-14,18H,5-6,15-16H2,1-4H3,(H,27,28)(H2,24,25,26);1H. The van der Waals surface area contributed by atoms with Crippen LogP contribution in [-0.2, 0) is 13.1 Å². The predicted molar refractivity (Wildman–Crippen MR) is 132 cm³/mol. The minimum absolute atomic E-state index is 0. The summed E-state index contributed by atoms with van der Waals surface area (Å²) in [5.41, 5.74) is 4.18. The lowest BCUT2D eigenvalue weighted by atomic mass is 10.1.